The van der Waals surface area contributed by atoms with Gasteiger partial charge in [-0.25, -0.2) is 14.2 Å². The number of carbonyl (C=O) groups is 4. The normalized spacial score (nSPS) is 18.5. The topological polar surface area (TPSA) is 184 Å². The number of nitrogens with zero attached hydrogens (tertiary/aromatic N) is 2. The zero-order valence-electron chi connectivity index (χ0n) is 27.5. The maximum atomic E-state index is 14.7. The first-order valence-electron chi connectivity index (χ1n) is 15.7. The average Bonchev–Trinajstić information content (AvgIpc) is 3.86. The molecule has 2 aliphatic heterocycles. The predicted molar refractivity (Wildman–Crippen MR) is 182 cm³/mol. The van der Waals surface area contributed by atoms with Crippen molar-refractivity contribution >= 4 is 51.9 Å². The molecule has 3 aliphatic rings. The van der Waals surface area contributed by atoms with Gasteiger partial charge < -0.3 is 30.9 Å². The minimum absolute atomic E-state index is 0.0780. The van der Waals surface area contributed by atoms with Gasteiger partial charge in [-0.05, 0) is 77.9 Å². The molecule has 6 N–H and O–H groups in total. The Hall–Kier alpha value is -5.72. The van der Waals surface area contributed by atoms with Crippen LogP contribution in [-0.4, -0.2) is 57.7 Å². The van der Waals surface area contributed by atoms with Crippen molar-refractivity contribution in [3.63, 3.8) is 0 Å². The number of carboxylic acid groups (broad SMARTS) is 2. The van der Waals surface area contributed by atoms with Crippen LogP contribution < -0.4 is 16.4 Å². The number of amides is 2. The Labute approximate surface area is 282 Å². The van der Waals surface area contributed by atoms with Gasteiger partial charge in [0.1, 0.15) is 17.7 Å². The van der Waals surface area contributed by atoms with E-state index in [-0.39, 0.29) is 36.2 Å². The highest BCUT2D eigenvalue weighted by Crippen LogP contribution is 2.50. The Morgan fingerprint density at radius 3 is 2.45 bits per heavy atom. The summed E-state index contributed by atoms with van der Waals surface area (Å²) in [4.78, 5) is 53.7. The molecular weight excluding hydrogens is 633 g/mol. The molecule has 4 aromatic rings. The third-order valence-corrected chi connectivity index (χ3v) is 8.86. The predicted octanol–water partition coefficient (Wildman–Crippen LogP) is 5.95. The van der Waals surface area contributed by atoms with E-state index in [0.29, 0.717) is 46.3 Å². The van der Waals surface area contributed by atoms with Crippen molar-refractivity contribution in [1.29, 1.82) is 0 Å². The van der Waals surface area contributed by atoms with Gasteiger partial charge in [0.05, 0.1) is 18.2 Å². The van der Waals surface area contributed by atoms with Crippen molar-refractivity contribution in [3.8, 4) is 0 Å². The minimum atomic E-state index is -1.04. The number of carboxylic acids is 2. The third kappa shape index (κ3) is 7.40. The van der Waals surface area contributed by atoms with Gasteiger partial charge in [-0.3, -0.25) is 19.7 Å². The Bertz CT molecular complexity index is 1960. The van der Waals surface area contributed by atoms with E-state index >= 15 is 0 Å². The Balaban J connectivity index is 0.00000111. The molecule has 0 saturated heterocycles. The highest BCUT2D eigenvalue weighted by molar-refractivity contribution is 5.94. The molecule has 13 heteroatoms. The molecule has 7 rings (SSSR count). The molecule has 256 valence electrons. The summed E-state index contributed by atoms with van der Waals surface area (Å²) in [6.07, 6.45) is 1.40. The summed E-state index contributed by atoms with van der Waals surface area (Å²) >= 11 is 0. The van der Waals surface area contributed by atoms with Crippen LogP contribution in [0.4, 0.5) is 26.4 Å². The van der Waals surface area contributed by atoms with Crippen LogP contribution in [0.2, 0.25) is 0 Å². The van der Waals surface area contributed by atoms with Crippen molar-refractivity contribution < 1.29 is 38.5 Å². The molecule has 49 heavy (non-hydrogen) atoms. The van der Waals surface area contributed by atoms with Gasteiger partial charge in [0.2, 0.25) is 5.91 Å². The zero-order valence-corrected chi connectivity index (χ0v) is 27.5. The smallest absolute Gasteiger partial charge is 0.411 e. The second-order valence-electron chi connectivity index (χ2n) is 12.5. The van der Waals surface area contributed by atoms with Crippen LogP contribution in [0.1, 0.15) is 66.5 Å². The molecule has 4 bridgehead atoms. The van der Waals surface area contributed by atoms with Gasteiger partial charge >= 0.3 is 12.1 Å². The first kappa shape index (κ1) is 34.6. The van der Waals surface area contributed by atoms with Crippen LogP contribution in [0.3, 0.4) is 0 Å². The number of ether oxygens (including phenoxy) is 1. The quantitative estimate of drug-likeness (QED) is 0.174. The van der Waals surface area contributed by atoms with Crippen molar-refractivity contribution in [2.45, 2.75) is 57.5 Å². The monoisotopic (exact) mass is 671 g/mol. The maximum Gasteiger partial charge on any atom is 0.411 e. The molecule has 12 nitrogen and oxygen atoms in total. The Morgan fingerprint density at radius 1 is 1.08 bits per heavy atom. The lowest BCUT2D eigenvalue weighted by Crippen LogP contribution is -2.36. The van der Waals surface area contributed by atoms with Crippen LogP contribution in [-0.2, 0) is 31.1 Å². The number of aromatic nitrogens is 1. The lowest BCUT2D eigenvalue weighted by molar-refractivity contribution is -0.140. The molecule has 3 aromatic carbocycles. The van der Waals surface area contributed by atoms with Gasteiger partial charge in [0.15, 0.2) is 0 Å². The molecule has 1 aliphatic carbocycles. The van der Waals surface area contributed by atoms with Gasteiger partial charge in [0, 0.05) is 48.6 Å². The molecule has 2 amide bonds. The number of halogens is 1. The largest absolute Gasteiger partial charge is 0.481 e. The summed E-state index contributed by atoms with van der Waals surface area (Å²) in [5.74, 6) is -2.52. The maximum absolute atomic E-state index is 14.7. The third-order valence-electron chi connectivity index (χ3n) is 8.86. The van der Waals surface area contributed by atoms with E-state index in [4.69, 9.17) is 20.4 Å². The molecule has 2 atom stereocenters. The van der Waals surface area contributed by atoms with Crippen molar-refractivity contribution in [1.82, 2.24) is 9.88 Å². The van der Waals surface area contributed by atoms with Crippen LogP contribution in [0.5, 0.6) is 0 Å². The number of hydrogen-bond acceptors (Lipinski definition) is 8. The summed E-state index contributed by atoms with van der Waals surface area (Å²) in [6.45, 7) is 5.17. The van der Waals surface area contributed by atoms with Crippen molar-refractivity contribution in [2.24, 2.45) is 0 Å². The fourth-order valence-corrected chi connectivity index (χ4v) is 6.20. The number of nitrogens with two attached hydrogens (primary N) is 1. The highest BCUT2D eigenvalue weighted by atomic mass is 19.1. The SMILES string of the molecule is CC(=O)O.Cc1cc2ccc1[C@@H](C)COC(=O)Nc1ccc(C3(C(=O)O)CC3)c(c1)CN(C)C(=O)[C@@H]2Nc1ccc2c(N)ncc(F)c2c1. The second kappa shape index (κ2) is 13.8. The van der Waals surface area contributed by atoms with Crippen LogP contribution in [0.15, 0.2) is 60.8 Å². The number of hydrogen-bond donors (Lipinski definition) is 5. The molecule has 1 aromatic heterocycles. The number of rotatable bonds is 4. The number of nitrogen functional groups attached to an aromatic ring is 1. The first-order valence-corrected chi connectivity index (χ1v) is 15.7. The first-order chi connectivity index (χ1) is 23.2. The van der Waals surface area contributed by atoms with Crippen LogP contribution in [0, 0.1) is 12.7 Å². The molecule has 0 radical (unpaired) electrons. The van der Waals surface area contributed by atoms with Crippen molar-refractivity contribution in [3.05, 3.63) is 94.4 Å². The number of fused-ring (bicyclic) bond motifs is 10. The van der Waals surface area contributed by atoms with E-state index in [0.717, 1.165) is 24.2 Å². The average molecular weight is 672 g/mol. The Morgan fingerprint density at radius 2 is 1.80 bits per heavy atom. The van der Waals surface area contributed by atoms with Crippen LogP contribution >= 0.6 is 0 Å². The summed E-state index contributed by atoms with van der Waals surface area (Å²) < 4.78 is 20.3. The van der Waals surface area contributed by atoms with Gasteiger partial charge in [-0.1, -0.05) is 31.2 Å². The molecule has 0 unspecified atom stereocenters. The summed E-state index contributed by atoms with van der Waals surface area (Å²) in [6, 6.07) is 14.9. The van der Waals surface area contributed by atoms with E-state index in [2.05, 4.69) is 15.6 Å². The van der Waals surface area contributed by atoms with E-state index in [1.54, 1.807) is 43.4 Å². The number of pyridine rings is 1. The fourth-order valence-electron chi connectivity index (χ4n) is 6.20. The van der Waals surface area contributed by atoms with E-state index in [1.807, 2.05) is 32.0 Å². The standard InChI is InChI=1S/C34H34FN5O5.C2H4O2/c1-18-12-20-4-7-24(18)19(2)17-45-33(44)39-22-6-9-27(34(10-11-34)32(42)43)21(13-22)16-40(3)31(41)29(20)38-23-5-8-25-26(14-23)28(35)15-37-30(25)36;1-2(3)4/h4-9,12-15,19,29,38H,10-11,16-17H2,1-3H3,(H2,36,37)(H,39,44)(H,42,43);1H3,(H,3,4)/t19-,29+;/m0./s1. The minimum Gasteiger partial charge on any atom is -0.481 e. The van der Waals surface area contributed by atoms with Gasteiger partial charge in [0.25, 0.3) is 5.97 Å². The van der Waals surface area contributed by atoms with E-state index in [1.165, 1.54) is 4.90 Å². The number of aliphatic carboxylic acids is 2. The highest BCUT2D eigenvalue weighted by Gasteiger charge is 2.53. The Kier molecular flexibility index (Phi) is 9.74. The molecule has 0 spiro atoms. The summed E-state index contributed by atoms with van der Waals surface area (Å²) in [7, 11) is 1.65. The zero-order chi connectivity index (χ0) is 35.6. The molecule has 3 heterocycles. The number of nitrogens with one attached hydrogen (secondary N) is 2. The number of carbonyl (C=O) groups excluding carboxylic acids is 2. The van der Waals surface area contributed by atoms with Crippen LogP contribution in [0.25, 0.3) is 10.8 Å². The lowest BCUT2D eigenvalue weighted by Gasteiger charge is -2.28. The number of benzene rings is 3. The van der Waals surface area contributed by atoms with Gasteiger partial charge in [-0.15, -0.1) is 0 Å². The molecular formula is C36H38FN5O7. The van der Waals surface area contributed by atoms with Gasteiger partial charge in [-0.2, -0.15) is 0 Å². The van der Waals surface area contributed by atoms with Crippen molar-refractivity contribution in [2.75, 3.05) is 30.0 Å². The molecule has 1 fully saturated rings. The number of likely N-dealkylation sites (N-methyl/N-ethyl adjacent to an activating group) is 1. The second-order valence-corrected chi connectivity index (χ2v) is 12.5. The van der Waals surface area contributed by atoms with E-state index < -0.39 is 35.3 Å². The van der Waals surface area contributed by atoms with E-state index in [9.17, 15) is 23.9 Å². The lowest BCUT2D eigenvalue weighted by atomic mass is 9.90. The number of anilines is 3. The molecule has 1 saturated carbocycles. The fraction of sp³-hybridized carbons (Fsp3) is 0.306. The summed E-state index contributed by atoms with van der Waals surface area (Å²) in [5, 5.41) is 24.3. The number of aryl methyl sites for hydroxylation is 1. The summed E-state index contributed by atoms with van der Waals surface area (Å²) in [5.41, 5.74) is 9.62.